The van der Waals surface area contributed by atoms with Crippen LogP contribution in [0.4, 0.5) is 0 Å². The van der Waals surface area contributed by atoms with Crippen LogP contribution in [0.1, 0.15) is 10.4 Å². The Kier molecular flexibility index (Phi) is 2.28. The molecule has 3 aromatic rings. The standard InChI is InChI=1S/C12H10N4O3/c1-15-5-4-10(14-15)16-9-6-7(11(17)18)2-3-8(9)13-12(16)19/h2-6H,1H3,(H,13,19)(H,17,18). The number of carboxylic acid groups (broad SMARTS) is 1. The number of imidazole rings is 1. The minimum absolute atomic E-state index is 0.121. The molecule has 2 aromatic heterocycles. The van der Waals surface area contributed by atoms with E-state index in [1.807, 2.05) is 0 Å². The van der Waals surface area contributed by atoms with Crippen molar-refractivity contribution in [1.82, 2.24) is 19.3 Å². The molecular weight excluding hydrogens is 248 g/mol. The Bertz CT molecular complexity index is 840. The number of fused-ring (bicyclic) bond motifs is 1. The summed E-state index contributed by atoms with van der Waals surface area (Å²) >= 11 is 0. The number of aryl methyl sites for hydroxylation is 1. The zero-order valence-electron chi connectivity index (χ0n) is 9.99. The van der Waals surface area contributed by atoms with E-state index in [9.17, 15) is 9.59 Å². The molecule has 0 saturated heterocycles. The summed E-state index contributed by atoms with van der Waals surface area (Å²) in [5.41, 5.74) is 0.830. The third-order valence-electron chi connectivity index (χ3n) is 2.86. The highest BCUT2D eigenvalue weighted by Gasteiger charge is 2.13. The van der Waals surface area contributed by atoms with E-state index >= 15 is 0 Å². The van der Waals surface area contributed by atoms with E-state index in [0.29, 0.717) is 16.9 Å². The van der Waals surface area contributed by atoms with Crippen LogP contribution in [-0.2, 0) is 7.05 Å². The smallest absolute Gasteiger partial charge is 0.335 e. The molecule has 1 aromatic carbocycles. The Morgan fingerprint density at radius 3 is 2.79 bits per heavy atom. The minimum atomic E-state index is -1.04. The van der Waals surface area contributed by atoms with E-state index < -0.39 is 5.97 Å². The fraction of sp³-hybridized carbons (Fsp3) is 0.0833. The van der Waals surface area contributed by atoms with Gasteiger partial charge in [0.2, 0.25) is 0 Å². The second kappa shape index (κ2) is 3.84. The Morgan fingerprint density at radius 2 is 2.16 bits per heavy atom. The van der Waals surface area contributed by atoms with Crippen LogP contribution in [0.25, 0.3) is 16.9 Å². The second-order valence-electron chi connectivity index (χ2n) is 4.15. The van der Waals surface area contributed by atoms with Crippen LogP contribution in [0.15, 0.2) is 35.3 Å². The van der Waals surface area contributed by atoms with Crippen LogP contribution in [-0.4, -0.2) is 30.4 Å². The molecule has 0 amide bonds. The molecule has 0 spiro atoms. The van der Waals surface area contributed by atoms with Gasteiger partial charge in [-0.1, -0.05) is 0 Å². The summed E-state index contributed by atoms with van der Waals surface area (Å²) in [6.07, 6.45) is 1.71. The van der Waals surface area contributed by atoms with Crippen molar-refractivity contribution in [2.75, 3.05) is 0 Å². The van der Waals surface area contributed by atoms with Crippen LogP contribution >= 0.6 is 0 Å². The van der Waals surface area contributed by atoms with Gasteiger partial charge in [0.15, 0.2) is 5.82 Å². The molecule has 0 atom stereocenters. The zero-order valence-corrected chi connectivity index (χ0v) is 9.99. The van der Waals surface area contributed by atoms with Gasteiger partial charge in [-0.25, -0.2) is 14.2 Å². The molecule has 19 heavy (non-hydrogen) atoms. The Balaban J connectivity index is 2.34. The number of H-pyrrole nitrogens is 1. The lowest BCUT2D eigenvalue weighted by Gasteiger charge is -1.99. The first-order valence-corrected chi connectivity index (χ1v) is 5.54. The maximum Gasteiger partial charge on any atom is 0.335 e. The van der Waals surface area contributed by atoms with Gasteiger partial charge in [0.1, 0.15) is 0 Å². The minimum Gasteiger partial charge on any atom is -0.478 e. The number of carbonyl (C=O) groups is 1. The van der Waals surface area contributed by atoms with Crippen LogP contribution in [0.5, 0.6) is 0 Å². The van der Waals surface area contributed by atoms with Crippen molar-refractivity contribution < 1.29 is 9.90 Å². The number of hydrogen-bond acceptors (Lipinski definition) is 3. The Labute approximate surface area is 106 Å². The van der Waals surface area contributed by atoms with Crippen molar-refractivity contribution >= 4 is 17.0 Å². The first kappa shape index (κ1) is 11.3. The summed E-state index contributed by atoms with van der Waals surface area (Å²) < 4.78 is 2.92. The summed E-state index contributed by atoms with van der Waals surface area (Å²) in [5, 5.41) is 13.2. The third-order valence-corrected chi connectivity index (χ3v) is 2.86. The van der Waals surface area contributed by atoms with Crippen molar-refractivity contribution in [3.05, 3.63) is 46.5 Å². The summed E-state index contributed by atoms with van der Waals surface area (Å²) in [5.74, 6) is -0.593. The Hall–Kier alpha value is -2.83. The lowest BCUT2D eigenvalue weighted by molar-refractivity contribution is 0.0697. The van der Waals surface area contributed by atoms with E-state index in [-0.39, 0.29) is 11.3 Å². The van der Waals surface area contributed by atoms with Gasteiger partial charge in [-0.3, -0.25) is 4.68 Å². The summed E-state index contributed by atoms with van der Waals surface area (Å²) in [6, 6.07) is 6.15. The molecule has 7 heteroatoms. The number of carboxylic acids is 1. The summed E-state index contributed by atoms with van der Waals surface area (Å²) in [7, 11) is 1.74. The molecule has 96 valence electrons. The number of hydrogen-bond donors (Lipinski definition) is 2. The van der Waals surface area contributed by atoms with Gasteiger partial charge in [-0.15, -0.1) is 0 Å². The average Bonchev–Trinajstić information content (AvgIpc) is 2.90. The number of benzene rings is 1. The number of nitrogens with one attached hydrogen (secondary N) is 1. The van der Waals surface area contributed by atoms with Crippen LogP contribution in [0, 0.1) is 0 Å². The first-order valence-electron chi connectivity index (χ1n) is 5.54. The van der Waals surface area contributed by atoms with Crippen molar-refractivity contribution in [3.63, 3.8) is 0 Å². The van der Waals surface area contributed by atoms with Gasteiger partial charge in [0.05, 0.1) is 16.6 Å². The number of aromatic carboxylic acids is 1. The molecule has 3 rings (SSSR count). The molecule has 2 heterocycles. The largest absolute Gasteiger partial charge is 0.478 e. The molecule has 2 N–H and O–H groups in total. The molecule has 0 fully saturated rings. The molecule has 0 radical (unpaired) electrons. The van der Waals surface area contributed by atoms with Crippen molar-refractivity contribution in [3.8, 4) is 5.82 Å². The van der Waals surface area contributed by atoms with Crippen LogP contribution in [0.3, 0.4) is 0 Å². The zero-order chi connectivity index (χ0) is 13.6. The number of aromatic nitrogens is 4. The van der Waals surface area contributed by atoms with Crippen LogP contribution in [0.2, 0.25) is 0 Å². The Morgan fingerprint density at radius 1 is 1.37 bits per heavy atom. The van der Waals surface area contributed by atoms with Crippen molar-refractivity contribution in [1.29, 1.82) is 0 Å². The van der Waals surface area contributed by atoms with E-state index in [0.717, 1.165) is 0 Å². The molecule has 0 bridgehead atoms. The van der Waals surface area contributed by atoms with Gasteiger partial charge in [0, 0.05) is 19.3 Å². The SMILES string of the molecule is Cn1ccc(-n2c(=O)[nH]c3ccc(C(=O)O)cc32)n1. The molecule has 0 saturated carbocycles. The predicted molar refractivity (Wildman–Crippen MR) is 67.6 cm³/mol. The quantitative estimate of drug-likeness (QED) is 0.709. The normalized spacial score (nSPS) is 11.0. The van der Waals surface area contributed by atoms with Crippen molar-refractivity contribution in [2.24, 2.45) is 7.05 Å². The predicted octanol–water partition coefficient (Wildman–Crippen LogP) is 0.750. The van der Waals surface area contributed by atoms with Gasteiger partial charge in [0.25, 0.3) is 0 Å². The van der Waals surface area contributed by atoms with Gasteiger partial charge in [-0.2, -0.15) is 5.10 Å². The van der Waals surface area contributed by atoms with Crippen molar-refractivity contribution in [2.45, 2.75) is 0 Å². The fourth-order valence-electron chi connectivity index (χ4n) is 1.99. The number of aromatic amines is 1. The van der Waals surface area contributed by atoms with Crippen LogP contribution < -0.4 is 5.69 Å². The van der Waals surface area contributed by atoms with E-state index in [1.54, 1.807) is 30.1 Å². The summed E-state index contributed by atoms with van der Waals surface area (Å²) in [4.78, 5) is 25.6. The molecule has 0 unspecified atom stereocenters. The molecule has 7 nitrogen and oxygen atoms in total. The molecule has 0 aliphatic carbocycles. The first-order chi connectivity index (χ1) is 9.06. The van der Waals surface area contributed by atoms with E-state index in [1.165, 1.54) is 16.7 Å². The average molecular weight is 258 g/mol. The topological polar surface area (TPSA) is 92.9 Å². The molecule has 0 aliphatic rings. The highest BCUT2D eigenvalue weighted by Crippen LogP contribution is 2.16. The van der Waals surface area contributed by atoms with Gasteiger partial charge in [-0.05, 0) is 18.2 Å². The van der Waals surface area contributed by atoms with Gasteiger partial charge < -0.3 is 10.1 Å². The molecular formula is C12H10N4O3. The van der Waals surface area contributed by atoms with E-state index in [4.69, 9.17) is 5.11 Å². The lowest BCUT2D eigenvalue weighted by Crippen LogP contribution is -2.15. The highest BCUT2D eigenvalue weighted by molar-refractivity contribution is 5.92. The third kappa shape index (κ3) is 1.71. The second-order valence-corrected chi connectivity index (χ2v) is 4.15. The van der Waals surface area contributed by atoms with Gasteiger partial charge >= 0.3 is 11.7 Å². The molecule has 0 aliphatic heterocycles. The lowest BCUT2D eigenvalue weighted by atomic mass is 10.2. The monoisotopic (exact) mass is 258 g/mol. The number of nitrogens with zero attached hydrogens (tertiary/aromatic N) is 3. The number of rotatable bonds is 2. The maximum absolute atomic E-state index is 11.9. The maximum atomic E-state index is 11.9. The summed E-state index contributed by atoms with van der Waals surface area (Å²) in [6.45, 7) is 0. The van der Waals surface area contributed by atoms with E-state index in [2.05, 4.69) is 10.1 Å². The fourth-order valence-corrected chi connectivity index (χ4v) is 1.99. The highest BCUT2D eigenvalue weighted by atomic mass is 16.4.